The predicted molar refractivity (Wildman–Crippen MR) is 91.5 cm³/mol. The van der Waals surface area contributed by atoms with Gasteiger partial charge >= 0.3 is 0 Å². The molecule has 3 fully saturated rings. The highest BCUT2D eigenvalue weighted by atomic mass is 16.5. The van der Waals surface area contributed by atoms with Crippen LogP contribution in [0.1, 0.15) is 62.8 Å². The van der Waals surface area contributed by atoms with E-state index < -0.39 is 0 Å². The highest BCUT2D eigenvalue weighted by molar-refractivity contribution is 5.12. The minimum atomic E-state index is 0.488. The number of likely N-dealkylation sites (tertiary alicyclic amines) is 1. The van der Waals surface area contributed by atoms with E-state index in [9.17, 15) is 0 Å². The Kier molecular flexibility index (Phi) is 4.46. The van der Waals surface area contributed by atoms with Crippen LogP contribution in [0.15, 0.2) is 12.4 Å². The number of aryl methyl sites for hydroxylation is 1. The lowest BCUT2D eigenvalue weighted by atomic mass is 9.63. The summed E-state index contributed by atoms with van der Waals surface area (Å²) in [5, 5.41) is 4.34. The van der Waals surface area contributed by atoms with Crippen molar-refractivity contribution in [3.63, 3.8) is 0 Å². The number of hydrogen-bond acceptors (Lipinski definition) is 3. The van der Waals surface area contributed by atoms with Crippen LogP contribution < -0.4 is 0 Å². The van der Waals surface area contributed by atoms with Gasteiger partial charge in [-0.25, -0.2) is 0 Å². The van der Waals surface area contributed by atoms with E-state index in [0.717, 1.165) is 6.61 Å². The lowest BCUT2D eigenvalue weighted by Gasteiger charge is -2.51. The third-order valence-electron chi connectivity index (χ3n) is 6.53. The van der Waals surface area contributed by atoms with E-state index in [2.05, 4.69) is 22.4 Å². The Labute approximate surface area is 140 Å². The van der Waals surface area contributed by atoms with Gasteiger partial charge in [-0.1, -0.05) is 6.42 Å². The van der Waals surface area contributed by atoms with Crippen molar-refractivity contribution in [2.75, 3.05) is 26.2 Å². The molecule has 0 radical (unpaired) electrons. The van der Waals surface area contributed by atoms with Gasteiger partial charge in [0.1, 0.15) is 0 Å². The van der Waals surface area contributed by atoms with Gasteiger partial charge in [-0.3, -0.25) is 4.68 Å². The molecule has 3 heterocycles. The molecular weight excluding hydrogens is 286 g/mol. The van der Waals surface area contributed by atoms with Gasteiger partial charge in [0.2, 0.25) is 0 Å². The van der Waals surface area contributed by atoms with Crippen molar-refractivity contribution in [2.24, 2.45) is 12.5 Å². The van der Waals surface area contributed by atoms with E-state index in [0.29, 0.717) is 17.4 Å². The van der Waals surface area contributed by atoms with Crippen LogP contribution in [0.2, 0.25) is 0 Å². The zero-order chi connectivity index (χ0) is 15.7. The van der Waals surface area contributed by atoms with Gasteiger partial charge in [0.25, 0.3) is 0 Å². The molecule has 1 aliphatic carbocycles. The third kappa shape index (κ3) is 3.20. The summed E-state index contributed by atoms with van der Waals surface area (Å²) >= 11 is 0. The van der Waals surface area contributed by atoms with Crippen molar-refractivity contribution in [2.45, 2.75) is 63.4 Å². The van der Waals surface area contributed by atoms with Gasteiger partial charge in [-0.05, 0) is 69.5 Å². The Morgan fingerprint density at radius 1 is 1.17 bits per heavy atom. The molecule has 0 amide bonds. The van der Waals surface area contributed by atoms with Gasteiger partial charge in [0, 0.05) is 31.8 Å². The average molecular weight is 317 g/mol. The first-order valence-electron chi connectivity index (χ1n) is 9.58. The van der Waals surface area contributed by atoms with Crippen LogP contribution in [0, 0.1) is 5.41 Å². The van der Waals surface area contributed by atoms with E-state index >= 15 is 0 Å². The largest absolute Gasteiger partial charge is 0.378 e. The maximum absolute atomic E-state index is 6.18. The van der Waals surface area contributed by atoms with Crippen LogP contribution in [-0.4, -0.2) is 47.0 Å². The monoisotopic (exact) mass is 317 g/mol. The Hall–Kier alpha value is -0.870. The number of nitrogens with zero attached hydrogens (tertiary/aromatic N) is 3. The maximum Gasteiger partial charge on any atom is 0.0643 e. The fourth-order valence-corrected chi connectivity index (χ4v) is 4.96. The summed E-state index contributed by atoms with van der Waals surface area (Å²) in [4.78, 5) is 2.73. The molecule has 0 bridgehead atoms. The summed E-state index contributed by atoms with van der Waals surface area (Å²) in [6.45, 7) is 4.76. The molecule has 4 rings (SSSR count). The second kappa shape index (κ2) is 6.56. The summed E-state index contributed by atoms with van der Waals surface area (Å²) in [6.07, 6.45) is 15.5. The molecule has 0 spiro atoms. The molecule has 128 valence electrons. The molecule has 2 aliphatic heterocycles. The molecule has 0 N–H and O–H groups in total. The van der Waals surface area contributed by atoms with Crippen molar-refractivity contribution >= 4 is 0 Å². The molecule has 1 aromatic rings. The van der Waals surface area contributed by atoms with E-state index in [-0.39, 0.29) is 0 Å². The van der Waals surface area contributed by atoms with E-state index in [1.807, 2.05) is 11.7 Å². The topological polar surface area (TPSA) is 30.3 Å². The van der Waals surface area contributed by atoms with Crippen LogP contribution in [-0.2, 0) is 11.8 Å². The molecule has 2 saturated heterocycles. The standard InChI is InChI=1S/C19H31N3O/c1-21-14-17(13-20-21)16-6-10-22(11-7-16)15-19(8-4-9-19)18-5-2-3-12-23-18/h13-14,16,18H,2-12,15H2,1H3. The minimum absolute atomic E-state index is 0.488. The van der Waals surface area contributed by atoms with E-state index in [4.69, 9.17) is 4.74 Å². The molecule has 1 unspecified atom stereocenters. The number of hydrogen-bond donors (Lipinski definition) is 0. The summed E-state index contributed by atoms with van der Waals surface area (Å²) in [5.74, 6) is 0.711. The van der Waals surface area contributed by atoms with Crippen LogP contribution in [0.25, 0.3) is 0 Å². The zero-order valence-electron chi connectivity index (χ0n) is 14.5. The highest BCUT2D eigenvalue weighted by Gasteiger charge is 2.46. The number of rotatable bonds is 4. The Morgan fingerprint density at radius 3 is 2.57 bits per heavy atom. The molecule has 4 heteroatoms. The molecule has 0 aromatic carbocycles. The fraction of sp³-hybridized carbons (Fsp3) is 0.842. The average Bonchev–Trinajstić information content (AvgIpc) is 2.99. The van der Waals surface area contributed by atoms with Gasteiger partial charge < -0.3 is 9.64 Å². The SMILES string of the molecule is Cn1cc(C2CCN(CC3(C4CCCCO4)CCC3)CC2)cn1. The lowest BCUT2D eigenvalue weighted by molar-refractivity contribution is -0.117. The van der Waals surface area contributed by atoms with Gasteiger partial charge in [0.15, 0.2) is 0 Å². The van der Waals surface area contributed by atoms with Crippen LogP contribution >= 0.6 is 0 Å². The molecule has 1 saturated carbocycles. The third-order valence-corrected chi connectivity index (χ3v) is 6.53. The lowest BCUT2D eigenvalue weighted by Crippen LogP contribution is -2.52. The molecule has 1 atom stereocenters. The second-order valence-corrected chi connectivity index (χ2v) is 8.07. The van der Waals surface area contributed by atoms with Gasteiger partial charge in [0.05, 0.1) is 12.3 Å². The maximum atomic E-state index is 6.18. The molecule has 23 heavy (non-hydrogen) atoms. The Bertz CT molecular complexity index is 508. The highest BCUT2D eigenvalue weighted by Crippen LogP contribution is 2.48. The fourth-order valence-electron chi connectivity index (χ4n) is 4.96. The van der Waals surface area contributed by atoms with E-state index in [1.165, 1.54) is 76.6 Å². The Morgan fingerprint density at radius 2 is 2.00 bits per heavy atom. The quantitative estimate of drug-likeness (QED) is 0.853. The second-order valence-electron chi connectivity index (χ2n) is 8.07. The molecule has 4 nitrogen and oxygen atoms in total. The van der Waals surface area contributed by atoms with Gasteiger partial charge in [-0.15, -0.1) is 0 Å². The summed E-state index contributed by atoms with van der Waals surface area (Å²) < 4.78 is 8.12. The first kappa shape index (κ1) is 15.6. The van der Waals surface area contributed by atoms with Crippen LogP contribution in [0.4, 0.5) is 0 Å². The van der Waals surface area contributed by atoms with Gasteiger partial charge in [-0.2, -0.15) is 5.10 Å². The first-order valence-corrected chi connectivity index (χ1v) is 9.58. The zero-order valence-corrected chi connectivity index (χ0v) is 14.5. The van der Waals surface area contributed by atoms with Crippen molar-refractivity contribution in [3.8, 4) is 0 Å². The number of ether oxygens (including phenoxy) is 1. The summed E-state index contributed by atoms with van der Waals surface area (Å²) in [5.41, 5.74) is 1.92. The van der Waals surface area contributed by atoms with Crippen LogP contribution in [0.3, 0.4) is 0 Å². The predicted octanol–water partition coefficient (Wildman–Crippen LogP) is 3.34. The summed E-state index contributed by atoms with van der Waals surface area (Å²) in [7, 11) is 2.02. The first-order chi connectivity index (χ1) is 11.3. The molecule has 1 aromatic heterocycles. The normalized spacial score (nSPS) is 29.3. The van der Waals surface area contributed by atoms with Crippen molar-refractivity contribution < 1.29 is 4.74 Å². The minimum Gasteiger partial charge on any atom is -0.378 e. The number of piperidine rings is 1. The van der Waals surface area contributed by atoms with Crippen molar-refractivity contribution in [3.05, 3.63) is 18.0 Å². The smallest absolute Gasteiger partial charge is 0.0643 e. The number of aromatic nitrogens is 2. The van der Waals surface area contributed by atoms with Crippen molar-refractivity contribution in [1.29, 1.82) is 0 Å². The van der Waals surface area contributed by atoms with Crippen LogP contribution in [0.5, 0.6) is 0 Å². The summed E-state index contributed by atoms with van der Waals surface area (Å²) in [6, 6.07) is 0. The molecular formula is C19H31N3O. The van der Waals surface area contributed by atoms with Crippen molar-refractivity contribution in [1.82, 2.24) is 14.7 Å². The molecule has 3 aliphatic rings. The van der Waals surface area contributed by atoms with E-state index in [1.54, 1.807) is 0 Å². The Balaban J connectivity index is 1.33.